The van der Waals surface area contributed by atoms with Crippen LogP contribution in [0, 0.1) is 0 Å². The molecular weight excluding hydrogens is 717 g/mol. The summed E-state index contributed by atoms with van der Waals surface area (Å²) in [6.45, 7) is 27.2. The number of allylic oxidation sites excluding steroid dienone is 2. The van der Waals surface area contributed by atoms with E-state index in [1.54, 1.807) is 7.11 Å². The molecule has 0 saturated heterocycles. The third kappa shape index (κ3) is 8.86. The van der Waals surface area contributed by atoms with Crippen molar-refractivity contribution in [3.63, 3.8) is 0 Å². The van der Waals surface area contributed by atoms with Crippen LogP contribution < -0.4 is 4.74 Å². The average Bonchev–Trinajstić information content (AvgIpc) is 3.83. The topological polar surface area (TPSA) is 37.4 Å². The summed E-state index contributed by atoms with van der Waals surface area (Å²) in [6.07, 6.45) is 2.28. The van der Waals surface area contributed by atoms with Gasteiger partial charge in [0.05, 0.1) is 24.2 Å². The summed E-state index contributed by atoms with van der Waals surface area (Å²) in [5.41, 5.74) is 18.2. The summed E-state index contributed by atoms with van der Waals surface area (Å²) < 4.78 is 5.68. The first-order valence-corrected chi connectivity index (χ1v) is 21.1. The Kier molecular flexibility index (Phi) is 10.9. The third-order valence-electron chi connectivity index (χ3n) is 11.7. The van der Waals surface area contributed by atoms with Crippen molar-refractivity contribution in [1.29, 1.82) is 0 Å². The molecule has 0 saturated carbocycles. The van der Waals surface area contributed by atoms with E-state index < -0.39 is 0 Å². The number of rotatable bonds is 7. The summed E-state index contributed by atoms with van der Waals surface area (Å²) in [6, 6.07) is 46.9. The van der Waals surface area contributed by atoms with Gasteiger partial charge in [0, 0.05) is 28.0 Å². The molecule has 1 N–H and O–H groups in total. The first-order valence-electron chi connectivity index (χ1n) is 21.1. The Hall–Kier alpha value is -5.67. The fourth-order valence-corrected chi connectivity index (χ4v) is 7.76. The van der Waals surface area contributed by atoms with E-state index in [2.05, 4.69) is 222 Å². The second-order valence-corrected chi connectivity index (χ2v) is 20.3. The van der Waals surface area contributed by atoms with Gasteiger partial charge in [-0.1, -0.05) is 192 Å². The molecule has 0 unspecified atom stereocenters. The fourth-order valence-electron chi connectivity index (χ4n) is 7.76. The summed E-state index contributed by atoms with van der Waals surface area (Å²) >= 11 is 0. The van der Waals surface area contributed by atoms with Crippen molar-refractivity contribution in [2.45, 2.75) is 105 Å². The number of ether oxygens (including phenoxy) is 1. The van der Waals surface area contributed by atoms with Gasteiger partial charge in [-0.05, 0) is 90.4 Å². The van der Waals surface area contributed by atoms with E-state index in [4.69, 9.17) is 9.73 Å². The SMILES string of the molecule is COc1ccc(C(=C2N=C(c3ccc(C(C)(C)C)cc3)C=C2c2ccc(C(C)(C)C)cc2)c2[nH]c(-c3ccc(C(C)(C)C)cc3)cc2-c2ccc(C(C)(C)C)cc2)cc1. The van der Waals surface area contributed by atoms with Crippen molar-refractivity contribution in [2.24, 2.45) is 4.99 Å². The molecule has 1 aliphatic rings. The van der Waals surface area contributed by atoms with Gasteiger partial charge in [0.15, 0.2) is 0 Å². The van der Waals surface area contributed by atoms with Gasteiger partial charge in [0.1, 0.15) is 5.75 Å². The van der Waals surface area contributed by atoms with Crippen LogP contribution in [0.5, 0.6) is 5.75 Å². The highest BCUT2D eigenvalue weighted by Crippen LogP contribution is 2.44. The van der Waals surface area contributed by atoms with Gasteiger partial charge in [-0.3, -0.25) is 0 Å². The maximum atomic E-state index is 5.68. The minimum atomic E-state index is 0.0369. The first kappa shape index (κ1) is 41.5. The van der Waals surface area contributed by atoms with Crippen molar-refractivity contribution >= 4 is 16.9 Å². The lowest BCUT2D eigenvalue weighted by Gasteiger charge is -2.20. The van der Waals surface area contributed by atoms with Crippen molar-refractivity contribution in [3.05, 3.63) is 184 Å². The lowest BCUT2D eigenvalue weighted by molar-refractivity contribution is 0.415. The van der Waals surface area contributed by atoms with Gasteiger partial charge in [0.25, 0.3) is 0 Å². The van der Waals surface area contributed by atoms with Gasteiger partial charge >= 0.3 is 0 Å². The molecule has 59 heavy (non-hydrogen) atoms. The van der Waals surface area contributed by atoms with Crippen molar-refractivity contribution in [3.8, 4) is 28.1 Å². The average molecular weight is 779 g/mol. The third-order valence-corrected chi connectivity index (χ3v) is 11.7. The number of aromatic amines is 1. The molecule has 6 aromatic rings. The van der Waals surface area contributed by atoms with E-state index in [0.29, 0.717) is 0 Å². The molecule has 0 bridgehead atoms. The maximum absolute atomic E-state index is 5.68. The van der Waals surface area contributed by atoms with Gasteiger partial charge in [-0.2, -0.15) is 0 Å². The predicted octanol–water partition coefficient (Wildman–Crippen LogP) is 14.9. The Bertz CT molecular complexity index is 2530. The number of hydrogen-bond acceptors (Lipinski definition) is 2. The number of aromatic nitrogens is 1. The molecule has 7 rings (SSSR count). The highest BCUT2D eigenvalue weighted by atomic mass is 16.5. The van der Waals surface area contributed by atoms with E-state index in [9.17, 15) is 0 Å². The first-order chi connectivity index (χ1) is 27.7. The molecule has 0 aliphatic carbocycles. The molecule has 0 atom stereocenters. The number of benzene rings is 5. The molecule has 5 aromatic carbocycles. The minimum Gasteiger partial charge on any atom is -0.497 e. The van der Waals surface area contributed by atoms with Crippen LogP contribution in [0.15, 0.2) is 144 Å². The molecule has 3 heteroatoms. The molecule has 302 valence electrons. The Morgan fingerprint density at radius 2 is 0.881 bits per heavy atom. The number of nitrogens with zero attached hydrogens (tertiary/aromatic N) is 1. The van der Waals surface area contributed by atoms with E-state index in [0.717, 1.165) is 73.1 Å². The van der Waals surface area contributed by atoms with E-state index in [1.165, 1.54) is 22.3 Å². The molecule has 0 spiro atoms. The van der Waals surface area contributed by atoms with Gasteiger partial charge in [0.2, 0.25) is 0 Å². The van der Waals surface area contributed by atoms with Gasteiger partial charge in [-0.15, -0.1) is 0 Å². The molecular formula is C56H62N2O. The normalized spacial score (nSPS) is 14.6. The Morgan fingerprint density at radius 3 is 1.31 bits per heavy atom. The lowest BCUT2D eigenvalue weighted by atomic mass is 9.85. The zero-order valence-corrected chi connectivity index (χ0v) is 37.6. The summed E-state index contributed by atoms with van der Waals surface area (Å²) in [4.78, 5) is 9.63. The number of aliphatic imine (C=N–C) groups is 1. The quantitative estimate of drug-likeness (QED) is 0.172. The standard InChI is InChI=1S/C56H62N2O/c1-53(2,3)41-24-14-36(15-25-41)46-34-48(38-18-28-43(29-19-38)55(7,8)9)57-51(46)50(40-22-32-45(59-13)33-23-40)52-47(37-16-26-42(27-17-37)54(4,5)6)35-49(58-52)39-20-30-44(31-21-39)56(10,11)12/h14-35,57H,1-13H3. The minimum absolute atomic E-state index is 0.0369. The van der Waals surface area contributed by atoms with Crippen LogP contribution in [0.3, 0.4) is 0 Å². The van der Waals surface area contributed by atoms with E-state index in [1.807, 2.05) is 0 Å². The molecule has 3 nitrogen and oxygen atoms in total. The molecule has 0 radical (unpaired) electrons. The molecule has 0 amide bonds. The van der Waals surface area contributed by atoms with Crippen LogP contribution in [0.25, 0.3) is 33.5 Å². The van der Waals surface area contributed by atoms with Crippen LogP contribution in [0.2, 0.25) is 0 Å². The Labute approximate surface area is 354 Å². The molecule has 1 aromatic heterocycles. The van der Waals surface area contributed by atoms with Crippen molar-refractivity contribution in [2.75, 3.05) is 7.11 Å². The largest absolute Gasteiger partial charge is 0.497 e. The number of methoxy groups -OCH3 is 1. The summed E-state index contributed by atoms with van der Waals surface area (Å²) in [7, 11) is 1.72. The van der Waals surface area contributed by atoms with Crippen LogP contribution in [0.1, 0.15) is 128 Å². The van der Waals surface area contributed by atoms with Gasteiger partial charge < -0.3 is 9.72 Å². The Balaban J connectivity index is 1.53. The number of hydrogen-bond donors (Lipinski definition) is 1. The Morgan fingerprint density at radius 1 is 0.475 bits per heavy atom. The molecule has 2 heterocycles. The highest BCUT2D eigenvalue weighted by Gasteiger charge is 2.28. The predicted molar refractivity (Wildman–Crippen MR) is 253 cm³/mol. The second kappa shape index (κ2) is 15.5. The molecule has 1 aliphatic heterocycles. The zero-order valence-electron chi connectivity index (χ0n) is 37.6. The van der Waals surface area contributed by atoms with E-state index >= 15 is 0 Å². The summed E-state index contributed by atoms with van der Waals surface area (Å²) in [5, 5.41) is 0. The maximum Gasteiger partial charge on any atom is 0.118 e. The number of H-pyrrole nitrogens is 1. The van der Waals surface area contributed by atoms with E-state index in [-0.39, 0.29) is 21.7 Å². The van der Waals surface area contributed by atoms with Crippen molar-refractivity contribution < 1.29 is 4.74 Å². The van der Waals surface area contributed by atoms with Crippen LogP contribution in [-0.4, -0.2) is 17.8 Å². The highest BCUT2D eigenvalue weighted by molar-refractivity contribution is 6.20. The van der Waals surface area contributed by atoms with Crippen molar-refractivity contribution in [1.82, 2.24) is 4.98 Å². The fraction of sp³-hybridized carbons (Fsp3) is 0.304. The zero-order chi connectivity index (χ0) is 42.5. The second-order valence-electron chi connectivity index (χ2n) is 20.3. The van der Waals surface area contributed by atoms with Crippen LogP contribution in [0.4, 0.5) is 0 Å². The lowest BCUT2D eigenvalue weighted by Crippen LogP contribution is -2.11. The van der Waals surface area contributed by atoms with Crippen LogP contribution in [-0.2, 0) is 21.7 Å². The summed E-state index contributed by atoms with van der Waals surface area (Å²) in [5.74, 6) is 0.810. The monoisotopic (exact) mass is 778 g/mol. The smallest absolute Gasteiger partial charge is 0.118 e. The van der Waals surface area contributed by atoms with Gasteiger partial charge in [-0.25, -0.2) is 4.99 Å². The number of nitrogens with one attached hydrogen (secondary N) is 1. The molecule has 0 fully saturated rings. The van der Waals surface area contributed by atoms with Crippen LogP contribution >= 0.6 is 0 Å².